The molecule has 0 aromatic rings. The van der Waals surface area contributed by atoms with Crippen LogP contribution < -0.4 is 5.32 Å². The van der Waals surface area contributed by atoms with Crippen LogP contribution in [-0.4, -0.2) is 33.0 Å². The Morgan fingerprint density at radius 1 is 1.50 bits per heavy atom. The highest BCUT2D eigenvalue weighted by Crippen LogP contribution is 2.29. The molecule has 0 aromatic carbocycles. The van der Waals surface area contributed by atoms with E-state index >= 15 is 0 Å². The highest BCUT2D eigenvalue weighted by molar-refractivity contribution is 7.90. The van der Waals surface area contributed by atoms with Crippen molar-refractivity contribution in [2.45, 2.75) is 46.1 Å². The number of nitrogens with one attached hydrogen (secondary N) is 1. The quantitative estimate of drug-likeness (QED) is 0.756. The molecule has 3 atom stereocenters. The van der Waals surface area contributed by atoms with Gasteiger partial charge in [0.05, 0.1) is 5.75 Å². The van der Waals surface area contributed by atoms with Gasteiger partial charge in [-0.2, -0.15) is 0 Å². The van der Waals surface area contributed by atoms with Crippen LogP contribution in [0.1, 0.15) is 40.0 Å². The second kappa shape index (κ2) is 6.71. The molecule has 0 heterocycles. The Bertz CT molecular complexity index is 387. The molecule has 0 bridgehead atoms. The van der Waals surface area contributed by atoms with Crippen molar-refractivity contribution in [1.29, 1.82) is 0 Å². The third-order valence-electron chi connectivity index (χ3n) is 3.97. The predicted octanol–water partition coefficient (Wildman–Crippen LogP) is 2.39. The van der Waals surface area contributed by atoms with E-state index in [1.807, 2.05) is 0 Å². The van der Waals surface area contributed by atoms with E-state index in [0.29, 0.717) is 12.3 Å². The van der Waals surface area contributed by atoms with Crippen molar-refractivity contribution in [3.8, 4) is 0 Å². The molecule has 4 heteroatoms. The zero-order valence-corrected chi connectivity index (χ0v) is 12.9. The Balaban J connectivity index is 2.35. The smallest absolute Gasteiger partial charge is 0.147 e. The lowest BCUT2D eigenvalue weighted by Gasteiger charge is -2.30. The summed E-state index contributed by atoms with van der Waals surface area (Å²) in [6.45, 7) is 7.55. The van der Waals surface area contributed by atoms with E-state index in [0.717, 1.165) is 12.5 Å². The van der Waals surface area contributed by atoms with Gasteiger partial charge in [-0.25, -0.2) is 8.42 Å². The van der Waals surface area contributed by atoms with Crippen LogP contribution in [0.4, 0.5) is 0 Å². The molecule has 106 valence electrons. The van der Waals surface area contributed by atoms with Gasteiger partial charge in [0.15, 0.2) is 0 Å². The molecule has 0 aliphatic heterocycles. The second-order valence-corrected chi connectivity index (χ2v) is 8.10. The highest BCUT2D eigenvalue weighted by Gasteiger charge is 2.22. The Kier molecular flexibility index (Phi) is 5.86. The van der Waals surface area contributed by atoms with Gasteiger partial charge in [-0.15, -0.1) is 0 Å². The zero-order valence-electron chi connectivity index (χ0n) is 12.1. The van der Waals surface area contributed by atoms with Crippen molar-refractivity contribution in [1.82, 2.24) is 5.32 Å². The number of hydrogen-bond donors (Lipinski definition) is 1. The average molecular weight is 273 g/mol. The minimum atomic E-state index is -2.84. The number of rotatable bonds is 6. The summed E-state index contributed by atoms with van der Waals surface area (Å²) in [6.07, 6.45) is 6.81. The lowest BCUT2D eigenvalue weighted by molar-refractivity contribution is 0.336. The molecule has 1 aliphatic carbocycles. The molecular weight excluding hydrogens is 246 g/mol. The topological polar surface area (TPSA) is 46.2 Å². The maximum atomic E-state index is 11.1. The van der Waals surface area contributed by atoms with Gasteiger partial charge in [0.25, 0.3) is 0 Å². The summed E-state index contributed by atoms with van der Waals surface area (Å²) >= 11 is 0. The minimum absolute atomic E-state index is 0.265. The predicted molar refractivity (Wildman–Crippen MR) is 77.4 cm³/mol. The van der Waals surface area contributed by atoms with Crippen molar-refractivity contribution >= 4 is 9.84 Å². The van der Waals surface area contributed by atoms with Crippen LogP contribution >= 0.6 is 0 Å². The standard InChI is InChI=1S/C14H27NO2S/c1-11-6-5-7-12(2)14(11)10-15-13(3)8-9-18(4,16)17/h6,12-15H,5,7-10H2,1-4H3/t12-,13+,14+/m0/s1. The minimum Gasteiger partial charge on any atom is -0.314 e. The van der Waals surface area contributed by atoms with Gasteiger partial charge < -0.3 is 5.32 Å². The molecule has 18 heavy (non-hydrogen) atoms. The summed E-state index contributed by atoms with van der Waals surface area (Å²) in [4.78, 5) is 0. The molecule has 3 nitrogen and oxygen atoms in total. The molecule has 1 aliphatic rings. The van der Waals surface area contributed by atoms with Gasteiger partial charge in [-0.1, -0.05) is 18.6 Å². The van der Waals surface area contributed by atoms with Crippen molar-refractivity contribution in [3.63, 3.8) is 0 Å². The molecule has 0 saturated carbocycles. The van der Waals surface area contributed by atoms with Crippen LogP contribution in [0.5, 0.6) is 0 Å². The lowest BCUT2D eigenvalue weighted by atomic mass is 9.80. The number of hydrogen-bond acceptors (Lipinski definition) is 3. The number of sulfone groups is 1. The molecule has 1 rings (SSSR count). The van der Waals surface area contributed by atoms with Gasteiger partial charge in [-0.3, -0.25) is 0 Å². The van der Waals surface area contributed by atoms with E-state index in [1.165, 1.54) is 24.7 Å². The van der Waals surface area contributed by atoms with E-state index in [9.17, 15) is 8.42 Å². The van der Waals surface area contributed by atoms with Crippen LogP contribution in [0.25, 0.3) is 0 Å². The summed E-state index contributed by atoms with van der Waals surface area (Å²) in [5.74, 6) is 1.61. The summed E-state index contributed by atoms with van der Waals surface area (Å²) in [7, 11) is -2.84. The van der Waals surface area contributed by atoms with E-state index in [2.05, 4.69) is 32.2 Å². The Morgan fingerprint density at radius 2 is 2.17 bits per heavy atom. The third-order valence-corrected chi connectivity index (χ3v) is 4.95. The Hall–Kier alpha value is -0.350. The van der Waals surface area contributed by atoms with E-state index < -0.39 is 9.84 Å². The SMILES string of the molecule is CC1=CCC[C@H](C)[C@@H]1CN[C@H](C)CCS(C)(=O)=O. The molecule has 0 saturated heterocycles. The Labute approximate surface area is 112 Å². The van der Waals surface area contributed by atoms with Gasteiger partial charge in [-0.05, 0) is 44.9 Å². The van der Waals surface area contributed by atoms with Crippen LogP contribution in [0.2, 0.25) is 0 Å². The second-order valence-electron chi connectivity index (χ2n) is 5.84. The molecular formula is C14H27NO2S. The summed E-state index contributed by atoms with van der Waals surface area (Å²) in [6, 6.07) is 0.265. The maximum Gasteiger partial charge on any atom is 0.147 e. The fourth-order valence-corrected chi connectivity index (χ4v) is 3.34. The van der Waals surface area contributed by atoms with Crippen molar-refractivity contribution in [3.05, 3.63) is 11.6 Å². The average Bonchev–Trinajstić information content (AvgIpc) is 2.25. The summed E-state index contributed by atoms with van der Waals surface area (Å²) in [5.41, 5.74) is 1.48. The van der Waals surface area contributed by atoms with Crippen LogP contribution in [0.15, 0.2) is 11.6 Å². The van der Waals surface area contributed by atoms with Gasteiger partial charge in [0, 0.05) is 18.8 Å². The van der Waals surface area contributed by atoms with Crippen LogP contribution in [-0.2, 0) is 9.84 Å². The number of allylic oxidation sites excluding steroid dienone is 1. The monoisotopic (exact) mass is 273 g/mol. The van der Waals surface area contributed by atoms with E-state index in [-0.39, 0.29) is 11.8 Å². The Morgan fingerprint density at radius 3 is 2.72 bits per heavy atom. The summed E-state index contributed by atoms with van der Waals surface area (Å²) < 4.78 is 22.2. The molecule has 0 unspecified atom stereocenters. The van der Waals surface area contributed by atoms with Gasteiger partial charge in [0.1, 0.15) is 9.84 Å². The van der Waals surface area contributed by atoms with E-state index in [1.54, 1.807) is 0 Å². The molecule has 0 spiro atoms. The molecule has 0 aromatic heterocycles. The van der Waals surface area contributed by atoms with Crippen molar-refractivity contribution in [2.75, 3.05) is 18.6 Å². The van der Waals surface area contributed by atoms with Gasteiger partial charge >= 0.3 is 0 Å². The first-order chi connectivity index (χ1) is 8.29. The van der Waals surface area contributed by atoms with Crippen LogP contribution in [0, 0.1) is 11.8 Å². The first-order valence-electron chi connectivity index (χ1n) is 6.87. The van der Waals surface area contributed by atoms with E-state index in [4.69, 9.17) is 0 Å². The first kappa shape index (κ1) is 15.7. The molecule has 0 amide bonds. The van der Waals surface area contributed by atoms with Crippen molar-refractivity contribution < 1.29 is 8.42 Å². The molecule has 0 radical (unpaired) electrons. The van der Waals surface area contributed by atoms with Gasteiger partial charge in [0.2, 0.25) is 0 Å². The fraction of sp³-hybridized carbons (Fsp3) is 0.857. The highest BCUT2D eigenvalue weighted by atomic mass is 32.2. The maximum absolute atomic E-state index is 11.1. The first-order valence-corrected chi connectivity index (χ1v) is 8.93. The zero-order chi connectivity index (χ0) is 13.8. The fourth-order valence-electron chi connectivity index (χ4n) is 2.56. The molecule has 1 N–H and O–H groups in total. The van der Waals surface area contributed by atoms with Crippen molar-refractivity contribution in [2.24, 2.45) is 11.8 Å². The summed E-state index contributed by atoms with van der Waals surface area (Å²) in [5, 5.41) is 3.48. The largest absolute Gasteiger partial charge is 0.314 e. The molecule has 0 fully saturated rings. The normalized spacial score (nSPS) is 26.8. The van der Waals surface area contributed by atoms with Crippen LogP contribution in [0.3, 0.4) is 0 Å². The lowest BCUT2D eigenvalue weighted by Crippen LogP contribution is -2.36. The third kappa shape index (κ3) is 5.53.